The lowest BCUT2D eigenvalue weighted by Crippen LogP contribution is -2.37. The molecule has 0 N–H and O–H groups in total. The average Bonchev–Trinajstić information content (AvgIpc) is 2.65. The largest absolute Gasteiger partial charge is 0.484 e. The molecular weight excluding hydrogens is 336 g/mol. The van der Waals surface area contributed by atoms with Gasteiger partial charge in [0.2, 0.25) is 0 Å². The van der Waals surface area contributed by atoms with Crippen molar-refractivity contribution in [3.8, 4) is 5.75 Å². The molecule has 0 bridgehead atoms. The lowest BCUT2D eigenvalue weighted by Gasteiger charge is -2.24. The van der Waals surface area contributed by atoms with Crippen molar-refractivity contribution in [1.82, 2.24) is 9.78 Å². The molecule has 4 nitrogen and oxygen atoms in total. The minimum atomic E-state index is -0.346. The van der Waals surface area contributed by atoms with Crippen molar-refractivity contribution in [2.24, 2.45) is 0 Å². The summed E-state index contributed by atoms with van der Waals surface area (Å²) in [6.45, 7) is 9.73. The van der Waals surface area contributed by atoms with Gasteiger partial charge in [0.15, 0.2) is 0 Å². The van der Waals surface area contributed by atoms with Crippen LogP contribution in [-0.4, -0.2) is 9.78 Å². The van der Waals surface area contributed by atoms with Gasteiger partial charge >= 0.3 is 0 Å². The Hall–Kier alpha value is -2.10. The number of hydrogen-bond donors (Lipinski definition) is 0. The number of aromatic nitrogens is 2. The van der Waals surface area contributed by atoms with Crippen molar-refractivity contribution in [3.05, 3.63) is 57.5 Å². The van der Waals surface area contributed by atoms with E-state index in [1.807, 2.05) is 27.7 Å². The van der Waals surface area contributed by atoms with Gasteiger partial charge in [-0.25, -0.2) is 4.68 Å². The third-order valence-electron chi connectivity index (χ3n) is 5.59. The van der Waals surface area contributed by atoms with Crippen LogP contribution >= 0.6 is 0 Å². The molecule has 0 amide bonds. The lowest BCUT2D eigenvalue weighted by atomic mass is 9.84. The second kappa shape index (κ2) is 7.87. The van der Waals surface area contributed by atoms with Gasteiger partial charge in [0.05, 0.1) is 17.3 Å². The average molecular weight is 369 g/mol. The summed E-state index contributed by atoms with van der Waals surface area (Å²) in [5, 5.41) is 4.31. The second-order valence-corrected chi connectivity index (χ2v) is 8.78. The van der Waals surface area contributed by atoms with Crippen molar-refractivity contribution in [2.45, 2.75) is 84.3 Å². The second-order valence-electron chi connectivity index (χ2n) is 8.78. The zero-order chi connectivity index (χ0) is 19.6. The highest BCUT2D eigenvalue weighted by Gasteiger charge is 2.20. The van der Waals surface area contributed by atoms with Crippen LogP contribution < -0.4 is 10.3 Å². The van der Waals surface area contributed by atoms with E-state index in [1.54, 1.807) is 13.1 Å². The summed E-state index contributed by atoms with van der Waals surface area (Å²) in [5.74, 6) is 1.27. The topological polar surface area (TPSA) is 44.1 Å². The number of hydrogen-bond acceptors (Lipinski definition) is 3. The summed E-state index contributed by atoms with van der Waals surface area (Å²) in [4.78, 5) is 12.6. The van der Waals surface area contributed by atoms with Crippen LogP contribution in [0.2, 0.25) is 0 Å². The van der Waals surface area contributed by atoms with Gasteiger partial charge in [0, 0.05) is 0 Å². The van der Waals surface area contributed by atoms with Gasteiger partial charge in [0.1, 0.15) is 11.9 Å². The smallest absolute Gasteiger partial charge is 0.273 e. The first-order valence-corrected chi connectivity index (χ1v) is 10.1. The quantitative estimate of drug-likeness (QED) is 0.716. The minimum Gasteiger partial charge on any atom is -0.484 e. The normalized spacial score (nSPS) is 16.9. The van der Waals surface area contributed by atoms with E-state index in [-0.39, 0.29) is 17.2 Å². The Bertz CT molecular complexity index is 825. The number of rotatable bonds is 4. The van der Waals surface area contributed by atoms with E-state index in [1.165, 1.54) is 42.3 Å². The first-order chi connectivity index (χ1) is 12.8. The third-order valence-corrected chi connectivity index (χ3v) is 5.59. The van der Waals surface area contributed by atoms with Crippen LogP contribution in [0.3, 0.4) is 0 Å². The molecule has 1 saturated carbocycles. The Balaban J connectivity index is 1.74. The minimum absolute atomic E-state index is 0.0974. The fourth-order valence-corrected chi connectivity index (χ4v) is 3.85. The fourth-order valence-electron chi connectivity index (χ4n) is 3.85. The van der Waals surface area contributed by atoms with Gasteiger partial charge in [-0.05, 0) is 64.5 Å². The zero-order valence-corrected chi connectivity index (χ0v) is 17.3. The molecule has 1 atom stereocenters. The van der Waals surface area contributed by atoms with Gasteiger partial charge in [0.25, 0.3) is 5.56 Å². The molecule has 3 rings (SSSR count). The molecule has 1 heterocycles. The van der Waals surface area contributed by atoms with Gasteiger partial charge in [-0.15, -0.1) is 0 Å². The maximum Gasteiger partial charge on any atom is 0.273 e. The highest BCUT2D eigenvalue weighted by Crippen LogP contribution is 2.33. The lowest BCUT2D eigenvalue weighted by molar-refractivity contribution is 0.220. The summed E-state index contributed by atoms with van der Waals surface area (Å²) < 4.78 is 7.60. The molecule has 0 saturated heterocycles. The first-order valence-electron chi connectivity index (χ1n) is 10.1. The number of nitrogens with zero attached hydrogens (tertiary/aromatic N) is 2. The monoisotopic (exact) mass is 368 g/mol. The maximum atomic E-state index is 12.6. The van der Waals surface area contributed by atoms with Crippen LogP contribution in [0.15, 0.2) is 35.3 Å². The van der Waals surface area contributed by atoms with E-state index >= 15 is 0 Å². The molecule has 1 aliphatic rings. The van der Waals surface area contributed by atoms with E-state index in [4.69, 9.17) is 4.74 Å². The molecule has 2 aromatic rings. The molecule has 1 fully saturated rings. The first kappa shape index (κ1) is 19.7. The molecule has 1 unspecified atom stereocenters. The van der Waals surface area contributed by atoms with Crippen LogP contribution in [0, 0.1) is 6.92 Å². The maximum absolute atomic E-state index is 12.6. The predicted octanol–water partition coefficient (Wildman–Crippen LogP) is 5.49. The van der Waals surface area contributed by atoms with Gasteiger partial charge < -0.3 is 4.74 Å². The summed E-state index contributed by atoms with van der Waals surface area (Å²) in [6.07, 6.45) is 8.21. The highest BCUT2D eigenvalue weighted by atomic mass is 16.5. The molecular formula is C23H32N2O2. The van der Waals surface area contributed by atoms with E-state index < -0.39 is 0 Å². The molecule has 146 valence electrons. The van der Waals surface area contributed by atoms with Gasteiger partial charge in [-0.3, -0.25) is 4.79 Å². The van der Waals surface area contributed by atoms with Crippen molar-refractivity contribution >= 4 is 0 Å². The summed E-state index contributed by atoms with van der Waals surface area (Å²) >= 11 is 0. The molecule has 1 aromatic heterocycles. The molecule has 27 heavy (non-hydrogen) atoms. The zero-order valence-electron chi connectivity index (χ0n) is 17.3. The Morgan fingerprint density at radius 1 is 1.11 bits per heavy atom. The van der Waals surface area contributed by atoms with Crippen LogP contribution in [0.1, 0.15) is 88.5 Å². The molecule has 4 heteroatoms. The Labute approximate surface area is 162 Å². The van der Waals surface area contributed by atoms with Crippen molar-refractivity contribution < 1.29 is 4.74 Å². The summed E-state index contributed by atoms with van der Waals surface area (Å²) in [6, 6.07) is 8.81. The fraction of sp³-hybridized carbons (Fsp3) is 0.565. The number of ether oxygens (including phenoxy) is 1. The molecule has 0 radical (unpaired) electrons. The summed E-state index contributed by atoms with van der Waals surface area (Å²) in [5.41, 5.74) is 2.72. The third kappa shape index (κ3) is 4.42. The van der Waals surface area contributed by atoms with Crippen LogP contribution in [0.4, 0.5) is 0 Å². The SMILES string of the molecule is Cc1c(OC(C)c2ccc(C3CCCCC3)cc2)cnn(C(C)(C)C)c1=O. The Morgan fingerprint density at radius 2 is 1.74 bits per heavy atom. The van der Waals surface area contributed by atoms with Crippen molar-refractivity contribution in [3.63, 3.8) is 0 Å². The molecule has 0 aliphatic heterocycles. The summed E-state index contributed by atoms with van der Waals surface area (Å²) in [7, 11) is 0. The van der Waals surface area contributed by atoms with E-state index in [0.717, 1.165) is 5.56 Å². The van der Waals surface area contributed by atoms with Crippen molar-refractivity contribution in [2.75, 3.05) is 0 Å². The molecule has 0 spiro atoms. The number of benzene rings is 1. The Kier molecular flexibility index (Phi) is 5.73. The van der Waals surface area contributed by atoms with Crippen molar-refractivity contribution in [1.29, 1.82) is 0 Å². The predicted molar refractivity (Wildman–Crippen MR) is 110 cm³/mol. The van der Waals surface area contributed by atoms with E-state index in [2.05, 4.69) is 29.4 Å². The van der Waals surface area contributed by atoms with Crippen LogP contribution in [0.5, 0.6) is 5.75 Å². The molecule has 1 aromatic carbocycles. The van der Waals surface area contributed by atoms with E-state index in [9.17, 15) is 4.79 Å². The van der Waals surface area contributed by atoms with Gasteiger partial charge in [-0.2, -0.15) is 5.10 Å². The Morgan fingerprint density at radius 3 is 2.33 bits per heavy atom. The molecule has 1 aliphatic carbocycles. The van der Waals surface area contributed by atoms with Crippen LogP contribution in [0.25, 0.3) is 0 Å². The standard InChI is InChI=1S/C23H32N2O2/c1-16-21(15-24-25(22(16)26)23(3,4)5)27-17(2)18-11-13-20(14-12-18)19-9-7-6-8-10-19/h11-15,17,19H,6-10H2,1-5H3. The van der Waals surface area contributed by atoms with Crippen LogP contribution in [-0.2, 0) is 5.54 Å². The van der Waals surface area contributed by atoms with E-state index in [0.29, 0.717) is 17.2 Å². The van der Waals surface area contributed by atoms with Gasteiger partial charge in [-0.1, -0.05) is 43.5 Å². The highest BCUT2D eigenvalue weighted by molar-refractivity contribution is 5.30.